The first-order chi connectivity index (χ1) is 19.5. The number of alkyl carbamates (subject to hydrolysis) is 1. The van der Waals surface area contributed by atoms with Crippen LogP contribution in [-0.4, -0.2) is 59.2 Å². The highest BCUT2D eigenvalue weighted by Gasteiger charge is 2.27. The standard InChI is InChI=1S/C29H37N3O6S4/c1-19-11-9-14-22(31-15-7-8-16-41(6,34)35)25(19)20-12-10-13-21(17-20)42(36,37)24-18-23(40-27(24)39-5)26(30)32-28(33)38-29(2,3)4/h9-14,17-18,31H,7-8,15-16H2,1-6H3,(H2,30,32,33). The smallest absolute Gasteiger partial charge is 0.413 e. The van der Waals surface area contributed by atoms with Gasteiger partial charge < -0.3 is 10.1 Å². The van der Waals surface area contributed by atoms with E-state index in [0.29, 0.717) is 34.0 Å². The fourth-order valence-corrected chi connectivity index (χ4v) is 8.81. The number of thiophene rings is 1. The molecule has 13 heteroatoms. The molecule has 0 saturated heterocycles. The van der Waals surface area contributed by atoms with Gasteiger partial charge in [-0.25, -0.2) is 21.6 Å². The summed E-state index contributed by atoms with van der Waals surface area (Å²) < 4.78 is 56.3. The van der Waals surface area contributed by atoms with Gasteiger partial charge in [0.15, 0.2) is 0 Å². The summed E-state index contributed by atoms with van der Waals surface area (Å²) in [6.45, 7) is 7.66. The molecule has 3 rings (SSSR count). The second-order valence-electron chi connectivity index (χ2n) is 10.8. The predicted octanol–water partition coefficient (Wildman–Crippen LogP) is 6.36. The summed E-state index contributed by atoms with van der Waals surface area (Å²) in [7, 11) is -6.99. The number of sulfone groups is 2. The molecule has 0 aliphatic heterocycles. The Kier molecular flexibility index (Phi) is 10.9. The number of aryl methyl sites for hydroxylation is 1. The van der Waals surface area contributed by atoms with E-state index in [4.69, 9.17) is 10.1 Å². The molecule has 0 radical (unpaired) electrons. The lowest BCUT2D eigenvalue weighted by Crippen LogP contribution is -2.36. The summed E-state index contributed by atoms with van der Waals surface area (Å²) in [5, 5.41) is 14.1. The summed E-state index contributed by atoms with van der Waals surface area (Å²) in [6.07, 6.45) is 3.42. The van der Waals surface area contributed by atoms with Crippen LogP contribution in [0.25, 0.3) is 11.1 Å². The summed E-state index contributed by atoms with van der Waals surface area (Å²) in [5.74, 6) is -0.111. The number of hydrogen-bond acceptors (Lipinski definition) is 10. The molecule has 1 amide bonds. The fourth-order valence-electron chi connectivity index (χ4n) is 4.13. The maximum Gasteiger partial charge on any atom is 0.413 e. The van der Waals surface area contributed by atoms with Crippen LogP contribution >= 0.6 is 23.1 Å². The van der Waals surface area contributed by atoms with E-state index in [1.165, 1.54) is 24.1 Å². The first-order valence-electron chi connectivity index (χ1n) is 13.2. The second kappa shape index (κ2) is 13.6. The number of benzene rings is 2. The van der Waals surface area contributed by atoms with Crippen molar-refractivity contribution in [1.82, 2.24) is 5.32 Å². The van der Waals surface area contributed by atoms with Crippen molar-refractivity contribution in [1.29, 1.82) is 5.41 Å². The van der Waals surface area contributed by atoms with Crippen molar-refractivity contribution in [2.75, 3.05) is 30.1 Å². The van der Waals surface area contributed by atoms with Gasteiger partial charge in [0.1, 0.15) is 21.3 Å². The van der Waals surface area contributed by atoms with Crippen LogP contribution in [0.4, 0.5) is 10.5 Å². The first kappa shape index (κ1) is 33.6. The molecule has 3 aromatic rings. The molecular formula is C29H37N3O6S4. The number of nitrogens with one attached hydrogen (secondary N) is 3. The van der Waals surface area contributed by atoms with Crippen molar-refractivity contribution in [3.05, 3.63) is 59.0 Å². The molecule has 42 heavy (non-hydrogen) atoms. The van der Waals surface area contributed by atoms with E-state index in [2.05, 4.69) is 10.6 Å². The summed E-state index contributed by atoms with van der Waals surface area (Å²) in [6, 6.07) is 13.9. The number of ether oxygens (including phenoxy) is 1. The molecule has 1 aromatic heterocycles. The number of rotatable bonds is 11. The summed E-state index contributed by atoms with van der Waals surface area (Å²) in [4.78, 5) is 12.6. The Bertz CT molecular complexity index is 1670. The van der Waals surface area contributed by atoms with E-state index < -0.39 is 31.4 Å². The van der Waals surface area contributed by atoms with Crippen LogP contribution in [-0.2, 0) is 24.4 Å². The zero-order chi connectivity index (χ0) is 31.3. The zero-order valence-electron chi connectivity index (χ0n) is 24.5. The third-order valence-electron chi connectivity index (χ3n) is 5.98. The zero-order valence-corrected chi connectivity index (χ0v) is 27.8. The Labute approximate surface area is 256 Å². The quantitative estimate of drug-likeness (QED) is 0.0940. The fraction of sp³-hybridized carbons (Fsp3) is 0.379. The molecule has 0 unspecified atom stereocenters. The lowest BCUT2D eigenvalue weighted by atomic mass is 9.98. The number of carbonyl (C=O) groups excluding carboxylic acids is 1. The van der Waals surface area contributed by atoms with Crippen LogP contribution in [0.5, 0.6) is 0 Å². The summed E-state index contributed by atoms with van der Waals surface area (Å²) in [5.41, 5.74) is 2.61. The molecule has 0 saturated carbocycles. The molecule has 0 atom stereocenters. The molecule has 0 bridgehead atoms. The van der Waals surface area contributed by atoms with E-state index in [9.17, 15) is 21.6 Å². The highest BCUT2D eigenvalue weighted by Crippen LogP contribution is 2.39. The van der Waals surface area contributed by atoms with Crippen LogP contribution in [0.2, 0.25) is 0 Å². The minimum Gasteiger partial charge on any atom is -0.444 e. The van der Waals surface area contributed by atoms with E-state index in [1.54, 1.807) is 45.2 Å². The number of hydrogen-bond donors (Lipinski definition) is 3. The van der Waals surface area contributed by atoms with Crippen LogP contribution in [0.3, 0.4) is 0 Å². The largest absolute Gasteiger partial charge is 0.444 e. The monoisotopic (exact) mass is 651 g/mol. The lowest BCUT2D eigenvalue weighted by Gasteiger charge is -2.19. The average Bonchev–Trinajstić information content (AvgIpc) is 3.33. The topological polar surface area (TPSA) is 142 Å². The van der Waals surface area contributed by atoms with Crippen LogP contribution in [0.1, 0.15) is 44.1 Å². The molecule has 0 fully saturated rings. The number of anilines is 1. The number of carbonyl (C=O) groups is 1. The van der Waals surface area contributed by atoms with Gasteiger partial charge >= 0.3 is 6.09 Å². The van der Waals surface area contributed by atoms with Crippen LogP contribution in [0.15, 0.2) is 62.5 Å². The maximum atomic E-state index is 13.9. The van der Waals surface area contributed by atoms with Gasteiger partial charge in [-0.2, -0.15) is 0 Å². The Morgan fingerprint density at radius 3 is 2.38 bits per heavy atom. The van der Waals surface area contributed by atoms with Gasteiger partial charge in [-0.15, -0.1) is 23.1 Å². The van der Waals surface area contributed by atoms with Gasteiger partial charge in [-0.3, -0.25) is 10.7 Å². The molecule has 1 heterocycles. The van der Waals surface area contributed by atoms with Crippen molar-refractivity contribution < 1.29 is 26.4 Å². The van der Waals surface area contributed by atoms with Crippen molar-refractivity contribution in [2.45, 2.75) is 60.1 Å². The van der Waals surface area contributed by atoms with Gasteiger partial charge in [0, 0.05) is 29.8 Å². The molecular weight excluding hydrogens is 615 g/mol. The SMILES string of the molecule is CSc1sc(C(=N)NC(=O)OC(C)(C)C)cc1S(=O)(=O)c1cccc(-c2c(C)cccc2NCCCCS(C)(=O)=O)c1. The third kappa shape index (κ3) is 9.06. The van der Waals surface area contributed by atoms with Gasteiger partial charge in [-0.05, 0) is 82.2 Å². The van der Waals surface area contributed by atoms with Gasteiger partial charge in [-0.1, -0.05) is 24.3 Å². The summed E-state index contributed by atoms with van der Waals surface area (Å²) >= 11 is 2.37. The Morgan fingerprint density at radius 2 is 1.74 bits per heavy atom. The molecule has 0 spiro atoms. The van der Waals surface area contributed by atoms with Crippen molar-refractivity contribution in [2.24, 2.45) is 0 Å². The first-order valence-corrected chi connectivity index (χ1v) is 18.7. The van der Waals surface area contributed by atoms with Crippen molar-refractivity contribution >= 4 is 60.4 Å². The van der Waals surface area contributed by atoms with Crippen LogP contribution < -0.4 is 10.6 Å². The van der Waals surface area contributed by atoms with Gasteiger partial charge in [0.25, 0.3) is 0 Å². The molecule has 2 aromatic carbocycles. The minimum atomic E-state index is -3.97. The predicted molar refractivity (Wildman–Crippen MR) is 172 cm³/mol. The number of unbranched alkanes of at least 4 members (excludes halogenated alkanes) is 1. The average molecular weight is 652 g/mol. The highest BCUT2D eigenvalue weighted by atomic mass is 32.2. The Balaban J connectivity index is 1.90. The van der Waals surface area contributed by atoms with Crippen molar-refractivity contribution in [3.8, 4) is 11.1 Å². The molecule has 9 nitrogen and oxygen atoms in total. The Hall–Kier alpha value is -2.87. The van der Waals surface area contributed by atoms with Gasteiger partial charge in [0.2, 0.25) is 9.84 Å². The van der Waals surface area contributed by atoms with Crippen molar-refractivity contribution in [3.63, 3.8) is 0 Å². The van der Waals surface area contributed by atoms with Crippen LogP contribution in [0, 0.1) is 12.3 Å². The highest BCUT2D eigenvalue weighted by molar-refractivity contribution is 8.01. The minimum absolute atomic E-state index is 0.0666. The molecule has 3 N–H and O–H groups in total. The molecule has 0 aliphatic carbocycles. The van der Waals surface area contributed by atoms with E-state index in [-0.39, 0.29) is 21.4 Å². The normalized spacial score (nSPS) is 12.1. The number of amides is 1. The molecule has 228 valence electrons. The van der Waals surface area contributed by atoms with E-state index >= 15 is 0 Å². The third-order valence-corrected chi connectivity index (χ3v) is 11.3. The Morgan fingerprint density at radius 1 is 1.05 bits per heavy atom. The van der Waals surface area contributed by atoms with E-state index in [0.717, 1.165) is 28.2 Å². The second-order valence-corrected chi connectivity index (χ2v) is 17.1. The number of amidine groups is 1. The van der Waals surface area contributed by atoms with Gasteiger partial charge in [0.05, 0.1) is 18.9 Å². The molecule has 0 aliphatic rings. The number of thioether (sulfide) groups is 1. The van der Waals surface area contributed by atoms with E-state index in [1.807, 2.05) is 31.2 Å². The lowest BCUT2D eigenvalue weighted by molar-refractivity contribution is 0.0563. The maximum absolute atomic E-state index is 13.9.